The van der Waals surface area contributed by atoms with E-state index in [9.17, 15) is 0 Å². The summed E-state index contributed by atoms with van der Waals surface area (Å²) in [6.07, 6.45) is 1.06. The molecule has 0 saturated heterocycles. The van der Waals surface area contributed by atoms with Crippen molar-refractivity contribution in [3.8, 4) is 0 Å². The first kappa shape index (κ1) is 13.6. The number of hydrogen-bond donors (Lipinski definition) is 1. The van der Waals surface area contributed by atoms with Crippen molar-refractivity contribution in [2.24, 2.45) is 0 Å². The molecule has 4 heteroatoms. The Kier molecular flexibility index (Phi) is 4.20. The Morgan fingerprint density at radius 3 is 2.37 bits per heavy atom. The van der Waals surface area contributed by atoms with Crippen LogP contribution in [0.3, 0.4) is 0 Å². The number of anilines is 1. The molecule has 1 unspecified atom stereocenters. The summed E-state index contributed by atoms with van der Waals surface area (Å²) in [6, 6.07) is 9.20. The maximum Gasteiger partial charge on any atom is 0.321 e. The summed E-state index contributed by atoms with van der Waals surface area (Å²) in [4.78, 5) is 4.32. The Labute approximate surface area is 114 Å². The zero-order chi connectivity index (χ0) is 13.8. The van der Waals surface area contributed by atoms with Crippen LogP contribution in [0.2, 0.25) is 0 Å². The molecule has 2 aromatic rings. The minimum atomic E-state index is 0.145. The van der Waals surface area contributed by atoms with Crippen LogP contribution in [0, 0.1) is 0 Å². The smallest absolute Gasteiger partial charge is 0.321 e. The van der Waals surface area contributed by atoms with E-state index < -0.39 is 0 Å². The molecule has 0 spiro atoms. The third-order valence-electron chi connectivity index (χ3n) is 3.19. The molecule has 0 amide bonds. The van der Waals surface area contributed by atoms with Gasteiger partial charge in [0.2, 0.25) is 0 Å². The lowest BCUT2D eigenvalue weighted by Crippen LogP contribution is -2.07. The van der Waals surface area contributed by atoms with Gasteiger partial charge in [-0.25, -0.2) is 0 Å². The third kappa shape index (κ3) is 3.34. The van der Waals surface area contributed by atoms with Crippen LogP contribution in [0.4, 0.5) is 6.01 Å². The average molecular weight is 259 g/mol. The molecule has 1 atom stereocenters. The molecule has 1 heterocycles. The van der Waals surface area contributed by atoms with E-state index in [1.807, 2.05) is 13.8 Å². The number of nitrogens with zero attached hydrogens (tertiary/aromatic N) is 2. The van der Waals surface area contributed by atoms with Crippen LogP contribution in [0.1, 0.15) is 56.6 Å². The van der Waals surface area contributed by atoms with Crippen molar-refractivity contribution in [2.75, 3.05) is 5.32 Å². The van der Waals surface area contributed by atoms with Gasteiger partial charge in [-0.1, -0.05) is 50.2 Å². The summed E-state index contributed by atoms with van der Waals surface area (Å²) < 4.78 is 5.19. The highest BCUT2D eigenvalue weighted by Crippen LogP contribution is 2.20. The van der Waals surface area contributed by atoms with Crippen molar-refractivity contribution >= 4 is 6.01 Å². The Hall–Kier alpha value is -1.84. The van der Waals surface area contributed by atoms with E-state index in [1.165, 1.54) is 11.1 Å². The fourth-order valence-electron chi connectivity index (χ4n) is 1.84. The molecular weight excluding hydrogens is 238 g/mol. The van der Waals surface area contributed by atoms with Gasteiger partial charge in [-0.3, -0.25) is 0 Å². The van der Waals surface area contributed by atoms with Gasteiger partial charge in [0.15, 0.2) is 5.82 Å². The average Bonchev–Trinajstić information content (AvgIpc) is 2.87. The molecule has 2 rings (SSSR count). The van der Waals surface area contributed by atoms with Crippen LogP contribution >= 0.6 is 0 Å². The summed E-state index contributed by atoms with van der Waals surface area (Å²) in [6.45, 7) is 8.33. The molecule has 4 nitrogen and oxygen atoms in total. The molecule has 1 N–H and O–H groups in total. The SMILES string of the molecule is CCc1ccc(C(C)Nc2nc(C(C)C)no2)cc1. The van der Waals surface area contributed by atoms with Gasteiger partial charge in [0, 0.05) is 5.92 Å². The van der Waals surface area contributed by atoms with Crippen LogP contribution in [0.5, 0.6) is 0 Å². The normalized spacial score (nSPS) is 12.7. The minimum absolute atomic E-state index is 0.145. The van der Waals surface area contributed by atoms with Crippen molar-refractivity contribution in [3.05, 3.63) is 41.2 Å². The van der Waals surface area contributed by atoms with Gasteiger partial charge in [-0.2, -0.15) is 4.98 Å². The van der Waals surface area contributed by atoms with Crippen LogP contribution in [-0.2, 0) is 6.42 Å². The number of aryl methyl sites for hydroxylation is 1. The maximum atomic E-state index is 5.19. The van der Waals surface area contributed by atoms with Gasteiger partial charge in [0.05, 0.1) is 6.04 Å². The molecule has 0 radical (unpaired) electrons. The summed E-state index contributed by atoms with van der Waals surface area (Å²) in [5, 5.41) is 7.17. The largest absolute Gasteiger partial charge is 0.331 e. The van der Waals surface area contributed by atoms with Gasteiger partial charge in [0.1, 0.15) is 0 Å². The van der Waals surface area contributed by atoms with Crippen molar-refractivity contribution in [3.63, 3.8) is 0 Å². The van der Waals surface area contributed by atoms with Crippen LogP contribution in [0.15, 0.2) is 28.8 Å². The number of benzene rings is 1. The number of aromatic nitrogens is 2. The van der Waals surface area contributed by atoms with Gasteiger partial charge in [0.25, 0.3) is 0 Å². The second-order valence-corrected chi connectivity index (χ2v) is 5.07. The Morgan fingerprint density at radius 1 is 1.16 bits per heavy atom. The molecule has 0 aliphatic rings. The molecule has 0 aliphatic heterocycles. The molecule has 0 fully saturated rings. The van der Waals surface area contributed by atoms with E-state index in [2.05, 4.69) is 53.6 Å². The first-order valence-electron chi connectivity index (χ1n) is 6.79. The summed E-state index contributed by atoms with van der Waals surface area (Å²) in [5.41, 5.74) is 2.55. The van der Waals surface area contributed by atoms with Crippen molar-refractivity contribution < 1.29 is 4.52 Å². The van der Waals surface area contributed by atoms with Gasteiger partial charge in [-0.15, -0.1) is 0 Å². The first-order chi connectivity index (χ1) is 9.10. The standard InChI is InChI=1S/C15H21N3O/c1-5-12-6-8-13(9-7-12)11(4)16-15-17-14(10(2)3)18-19-15/h6-11H,5H2,1-4H3,(H,16,17,18). The molecule has 19 heavy (non-hydrogen) atoms. The third-order valence-corrected chi connectivity index (χ3v) is 3.19. The van der Waals surface area contributed by atoms with Crippen LogP contribution in [-0.4, -0.2) is 10.1 Å². The molecule has 1 aromatic carbocycles. The Balaban J connectivity index is 2.04. The number of hydrogen-bond acceptors (Lipinski definition) is 4. The number of rotatable bonds is 5. The molecule has 0 aliphatic carbocycles. The number of nitrogens with one attached hydrogen (secondary N) is 1. The fourth-order valence-corrected chi connectivity index (χ4v) is 1.84. The van der Waals surface area contributed by atoms with Gasteiger partial charge in [-0.05, 0) is 24.5 Å². The quantitative estimate of drug-likeness (QED) is 0.884. The van der Waals surface area contributed by atoms with E-state index in [0.717, 1.165) is 12.2 Å². The Morgan fingerprint density at radius 2 is 1.84 bits per heavy atom. The summed E-state index contributed by atoms with van der Waals surface area (Å²) >= 11 is 0. The monoisotopic (exact) mass is 259 g/mol. The van der Waals surface area contributed by atoms with E-state index in [1.54, 1.807) is 0 Å². The molecule has 0 saturated carbocycles. The lowest BCUT2D eigenvalue weighted by atomic mass is 10.1. The molecule has 102 valence electrons. The summed E-state index contributed by atoms with van der Waals surface area (Å²) in [5.74, 6) is 1.01. The lowest BCUT2D eigenvalue weighted by Gasteiger charge is -2.12. The van der Waals surface area contributed by atoms with E-state index in [-0.39, 0.29) is 12.0 Å². The van der Waals surface area contributed by atoms with Crippen molar-refractivity contribution in [1.82, 2.24) is 10.1 Å². The second kappa shape index (κ2) is 5.87. The van der Waals surface area contributed by atoms with E-state index in [4.69, 9.17) is 4.52 Å². The molecular formula is C15H21N3O. The zero-order valence-corrected chi connectivity index (χ0v) is 12.0. The van der Waals surface area contributed by atoms with Gasteiger partial charge >= 0.3 is 6.01 Å². The lowest BCUT2D eigenvalue weighted by molar-refractivity contribution is 0.416. The predicted octanol–water partition coefficient (Wildman–Crippen LogP) is 3.93. The first-order valence-corrected chi connectivity index (χ1v) is 6.79. The highest BCUT2D eigenvalue weighted by Gasteiger charge is 2.12. The minimum Gasteiger partial charge on any atom is -0.331 e. The van der Waals surface area contributed by atoms with Crippen molar-refractivity contribution in [1.29, 1.82) is 0 Å². The summed E-state index contributed by atoms with van der Waals surface area (Å²) in [7, 11) is 0. The zero-order valence-electron chi connectivity index (χ0n) is 12.0. The fraction of sp³-hybridized carbons (Fsp3) is 0.467. The molecule has 1 aromatic heterocycles. The predicted molar refractivity (Wildman–Crippen MR) is 76.2 cm³/mol. The van der Waals surface area contributed by atoms with Crippen LogP contribution in [0.25, 0.3) is 0 Å². The highest BCUT2D eigenvalue weighted by molar-refractivity contribution is 5.31. The highest BCUT2D eigenvalue weighted by atomic mass is 16.5. The Bertz CT molecular complexity index is 516. The molecule has 0 bridgehead atoms. The maximum absolute atomic E-state index is 5.19. The van der Waals surface area contributed by atoms with E-state index >= 15 is 0 Å². The topological polar surface area (TPSA) is 51.0 Å². The van der Waals surface area contributed by atoms with E-state index in [0.29, 0.717) is 6.01 Å². The van der Waals surface area contributed by atoms with Gasteiger partial charge < -0.3 is 9.84 Å². The second-order valence-electron chi connectivity index (χ2n) is 5.07. The van der Waals surface area contributed by atoms with Crippen LogP contribution < -0.4 is 5.32 Å². The van der Waals surface area contributed by atoms with Crippen molar-refractivity contribution in [2.45, 2.75) is 46.1 Å².